The molecule has 0 radical (unpaired) electrons. The Morgan fingerprint density at radius 2 is 1.95 bits per heavy atom. The van der Waals surface area contributed by atoms with E-state index < -0.39 is 0 Å². The Hall–Kier alpha value is -4.88. The molecule has 0 saturated heterocycles. The summed E-state index contributed by atoms with van der Waals surface area (Å²) in [5.41, 5.74) is 6.16. The highest BCUT2D eigenvalue weighted by molar-refractivity contribution is 6.02. The third-order valence-electron chi connectivity index (χ3n) is 8.78. The fraction of sp³-hybridized carbons (Fsp3) is 0.353. The van der Waals surface area contributed by atoms with E-state index in [1.807, 2.05) is 56.0 Å². The summed E-state index contributed by atoms with van der Waals surface area (Å²) in [5.74, 6) is 0.622. The zero-order valence-corrected chi connectivity index (χ0v) is 26.4. The van der Waals surface area contributed by atoms with E-state index in [2.05, 4.69) is 58.2 Å². The van der Waals surface area contributed by atoms with Crippen molar-refractivity contribution in [1.82, 2.24) is 19.4 Å². The molecule has 1 saturated carbocycles. The third kappa shape index (κ3) is 5.83. The van der Waals surface area contributed by atoms with Crippen molar-refractivity contribution in [2.24, 2.45) is 7.05 Å². The Morgan fingerprint density at radius 1 is 1.20 bits per heavy atom. The maximum absolute atomic E-state index is 12.5. The van der Waals surface area contributed by atoms with Gasteiger partial charge in [0.05, 0.1) is 40.9 Å². The van der Waals surface area contributed by atoms with Crippen LogP contribution in [0.3, 0.4) is 0 Å². The number of nitriles is 1. The topological polar surface area (TPSA) is 111 Å². The lowest BCUT2D eigenvalue weighted by molar-refractivity contribution is -0.111. The normalized spacial score (nSPS) is 14.0. The molecule has 1 aliphatic carbocycles. The maximum atomic E-state index is 12.5. The van der Waals surface area contributed by atoms with Crippen LogP contribution in [-0.2, 0) is 11.8 Å². The molecule has 44 heavy (non-hydrogen) atoms. The Morgan fingerprint density at radius 3 is 2.61 bits per heavy atom. The van der Waals surface area contributed by atoms with Gasteiger partial charge in [-0.05, 0) is 69.8 Å². The highest BCUT2D eigenvalue weighted by atomic mass is 16.5. The van der Waals surface area contributed by atoms with Gasteiger partial charge in [0.15, 0.2) is 0 Å². The molecule has 4 aromatic rings. The van der Waals surface area contributed by atoms with E-state index in [-0.39, 0.29) is 11.4 Å². The summed E-state index contributed by atoms with van der Waals surface area (Å²) in [4.78, 5) is 26.3. The van der Waals surface area contributed by atoms with Gasteiger partial charge in [0.2, 0.25) is 11.9 Å². The quantitative estimate of drug-likeness (QED) is 0.216. The number of benzene rings is 2. The lowest BCUT2D eigenvalue weighted by Crippen LogP contribution is -2.50. The minimum Gasteiger partial charge on any atom is -0.494 e. The van der Waals surface area contributed by atoms with Crippen molar-refractivity contribution in [1.29, 1.82) is 5.26 Å². The molecule has 0 atom stereocenters. The lowest BCUT2D eigenvalue weighted by Gasteiger charge is -2.40. The zero-order chi connectivity index (χ0) is 31.6. The molecular weight excluding hydrogens is 552 g/mol. The molecule has 10 nitrogen and oxygen atoms in total. The average molecular weight is 593 g/mol. The average Bonchev–Trinajstić information content (AvgIpc) is 3.61. The van der Waals surface area contributed by atoms with E-state index in [1.54, 1.807) is 13.3 Å². The van der Waals surface area contributed by atoms with Crippen LogP contribution in [0.2, 0.25) is 0 Å². The van der Waals surface area contributed by atoms with Crippen LogP contribution in [0.4, 0.5) is 23.0 Å². The molecule has 2 aromatic heterocycles. The number of carbonyl (C=O) groups excluding carboxylic acids is 1. The van der Waals surface area contributed by atoms with Crippen molar-refractivity contribution < 1.29 is 9.53 Å². The first-order valence-electron chi connectivity index (χ1n) is 14.7. The summed E-state index contributed by atoms with van der Waals surface area (Å²) in [5, 5.41) is 17.1. The second-order valence-corrected chi connectivity index (χ2v) is 11.8. The van der Waals surface area contributed by atoms with E-state index >= 15 is 0 Å². The van der Waals surface area contributed by atoms with Gasteiger partial charge in [-0.3, -0.25) is 4.79 Å². The number of amides is 1. The number of aryl methyl sites for hydroxylation is 2. The molecule has 2 N–H and O–H groups in total. The van der Waals surface area contributed by atoms with Gasteiger partial charge in [0.1, 0.15) is 11.8 Å². The molecule has 1 aliphatic rings. The van der Waals surface area contributed by atoms with Gasteiger partial charge in [0.25, 0.3) is 0 Å². The molecule has 2 aromatic carbocycles. The highest BCUT2D eigenvalue weighted by Gasteiger charge is 2.37. The summed E-state index contributed by atoms with van der Waals surface area (Å²) < 4.78 is 7.80. The van der Waals surface area contributed by atoms with Crippen LogP contribution in [-0.4, -0.2) is 65.7 Å². The van der Waals surface area contributed by atoms with Crippen LogP contribution in [0.25, 0.3) is 22.2 Å². The summed E-state index contributed by atoms with van der Waals surface area (Å²) in [6.07, 6.45) is 9.60. The number of fused-ring (bicyclic) bond motifs is 1. The summed E-state index contributed by atoms with van der Waals surface area (Å²) in [6, 6.07) is 11.8. The van der Waals surface area contributed by atoms with E-state index in [1.165, 1.54) is 18.9 Å². The zero-order valence-electron chi connectivity index (χ0n) is 26.4. The number of carbonyl (C=O) groups is 1. The van der Waals surface area contributed by atoms with Crippen molar-refractivity contribution in [3.63, 3.8) is 0 Å². The number of nitrogens with zero attached hydrogens (tertiary/aromatic N) is 6. The number of ether oxygens (including phenoxy) is 1. The van der Waals surface area contributed by atoms with E-state index in [0.717, 1.165) is 47.1 Å². The fourth-order valence-corrected chi connectivity index (χ4v) is 6.41. The Bertz CT molecular complexity index is 1760. The highest BCUT2D eigenvalue weighted by Crippen LogP contribution is 2.41. The predicted molar refractivity (Wildman–Crippen MR) is 177 cm³/mol. The Balaban J connectivity index is 1.51. The van der Waals surface area contributed by atoms with Crippen LogP contribution in [0.15, 0.2) is 55.4 Å². The molecule has 0 spiro atoms. The van der Waals surface area contributed by atoms with Crippen molar-refractivity contribution in [3.8, 4) is 23.1 Å². The molecule has 0 bridgehead atoms. The third-order valence-corrected chi connectivity index (χ3v) is 8.78. The predicted octanol–water partition coefficient (Wildman–Crippen LogP) is 6.00. The van der Waals surface area contributed by atoms with Crippen LogP contribution in [0.5, 0.6) is 5.75 Å². The molecule has 1 amide bonds. The van der Waals surface area contributed by atoms with Gasteiger partial charge in [-0.25, -0.2) is 9.97 Å². The van der Waals surface area contributed by atoms with Crippen LogP contribution >= 0.6 is 0 Å². The number of rotatable bonds is 10. The second-order valence-electron chi connectivity index (χ2n) is 11.8. The smallest absolute Gasteiger partial charge is 0.247 e. The van der Waals surface area contributed by atoms with Gasteiger partial charge < -0.3 is 29.7 Å². The van der Waals surface area contributed by atoms with E-state index in [4.69, 9.17) is 9.72 Å². The first kappa shape index (κ1) is 30.6. The molecular formula is C34H40N8O2. The molecule has 228 valence electrons. The summed E-state index contributed by atoms with van der Waals surface area (Å²) in [6.45, 7) is 6.47. The number of anilines is 4. The molecule has 2 heterocycles. The van der Waals surface area contributed by atoms with E-state index in [9.17, 15) is 10.1 Å². The van der Waals surface area contributed by atoms with Crippen molar-refractivity contribution in [3.05, 3.63) is 66.5 Å². The standard InChI is InChI=1S/C34H40N8O2/c1-8-31(43)37-27-17-28(30(44-7)18-29(27)42(6)21-34(40(3)4)12-9-10-13-34)39-33-36-14-11-26(38-33)23-15-24(19-35)32-25(16-23)22(2)20-41(32)5/h8,11,14-18,20H,1,9-10,12-13,21H2,2-7H3,(H,37,43)(H,36,38,39). The number of nitrogens with one attached hydrogen (secondary N) is 2. The second kappa shape index (κ2) is 12.4. The van der Waals surface area contributed by atoms with Gasteiger partial charge in [-0.1, -0.05) is 19.4 Å². The van der Waals surface area contributed by atoms with Gasteiger partial charge in [-0.15, -0.1) is 0 Å². The van der Waals surface area contributed by atoms with Crippen molar-refractivity contribution >= 4 is 39.8 Å². The SMILES string of the molecule is C=CC(=O)Nc1cc(Nc2nccc(-c3cc(C#N)c4c(c3)c(C)cn4C)n2)c(OC)cc1N(C)CC1(N(C)C)CCCC1. The molecule has 0 unspecified atom stereocenters. The van der Waals surface area contributed by atoms with Gasteiger partial charge in [0, 0.05) is 55.6 Å². The van der Waals surface area contributed by atoms with Crippen LogP contribution < -0.4 is 20.3 Å². The number of likely N-dealkylation sites (N-methyl/N-ethyl adjacent to an activating group) is 2. The van der Waals surface area contributed by atoms with Gasteiger partial charge in [-0.2, -0.15) is 5.26 Å². The first-order valence-corrected chi connectivity index (χ1v) is 14.7. The number of aromatic nitrogens is 3. The van der Waals surface area contributed by atoms with Crippen LogP contribution in [0, 0.1) is 18.3 Å². The molecule has 10 heteroatoms. The molecule has 0 aliphatic heterocycles. The summed E-state index contributed by atoms with van der Waals surface area (Å²) >= 11 is 0. The minimum absolute atomic E-state index is 0.0552. The van der Waals surface area contributed by atoms with E-state index in [0.29, 0.717) is 34.3 Å². The lowest BCUT2D eigenvalue weighted by atomic mass is 9.95. The van der Waals surface area contributed by atoms with Crippen molar-refractivity contribution in [2.45, 2.75) is 38.1 Å². The molecule has 5 rings (SSSR count). The first-order chi connectivity index (χ1) is 21.1. The monoisotopic (exact) mass is 592 g/mol. The largest absolute Gasteiger partial charge is 0.494 e. The van der Waals surface area contributed by atoms with Crippen molar-refractivity contribution in [2.75, 3.05) is 50.3 Å². The number of methoxy groups -OCH3 is 1. The molecule has 1 fully saturated rings. The Kier molecular flexibility index (Phi) is 8.61. The van der Waals surface area contributed by atoms with Gasteiger partial charge >= 0.3 is 0 Å². The Labute approximate surface area is 259 Å². The minimum atomic E-state index is -0.308. The van der Waals surface area contributed by atoms with Crippen LogP contribution in [0.1, 0.15) is 36.8 Å². The number of hydrogen-bond donors (Lipinski definition) is 2. The maximum Gasteiger partial charge on any atom is 0.247 e. The fourth-order valence-electron chi connectivity index (χ4n) is 6.41. The number of hydrogen-bond acceptors (Lipinski definition) is 8. The summed E-state index contributed by atoms with van der Waals surface area (Å²) in [7, 11) is 9.88.